The van der Waals surface area contributed by atoms with E-state index in [-0.39, 0.29) is 5.69 Å². The third kappa shape index (κ3) is 2.13. The monoisotopic (exact) mass is 263 g/mol. The molecule has 0 aliphatic rings. The van der Waals surface area contributed by atoms with Gasteiger partial charge >= 0.3 is 0 Å². The summed E-state index contributed by atoms with van der Waals surface area (Å²) < 4.78 is 5.49. The van der Waals surface area contributed by atoms with Gasteiger partial charge in [0.25, 0.3) is 5.69 Å². The first-order valence-electron chi connectivity index (χ1n) is 3.27. The molecule has 70 valence electrons. The van der Waals surface area contributed by atoms with Crippen LogP contribution < -0.4 is 4.74 Å². The van der Waals surface area contributed by atoms with Crippen molar-refractivity contribution in [2.24, 2.45) is 0 Å². The fourth-order valence-electron chi connectivity index (χ4n) is 0.873. The third-order valence-electron chi connectivity index (χ3n) is 1.42. The summed E-state index contributed by atoms with van der Waals surface area (Å²) in [6, 6.07) is 2.71. The molecule has 0 saturated heterocycles. The quantitative estimate of drug-likeness (QED) is 0.507. The number of nitrogens with zero attached hydrogens (tertiary/aromatic N) is 1. The number of rotatable bonds is 2. The van der Waals surface area contributed by atoms with Crippen LogP contribution in [-0.4, -0.2) is 12.0 Å². The molecule has 0 atom stereocenters. The minimum atomic E-state index is -0.482. The smallest absolute Gasteiger partial charge is 0.271 e. The Morgan fingerprint density at radius 2 is 2.23 bits per heavy atom. The predicted molar refractivity (Wildman–Crippen MR) is 54.6 cm³/mol. The summed E-state index contributed by atoms with van der Waals surface area (Å²) in [4.78, 5) is 10.4. The van der Waals surface area contributed by atoms with E-state index in [0.717, 1.165) is 0 Å². The minimum absolute atomic E-state index is 0.0160. The van der Waals surface area contributed by atoms with Crippen molar-refractivity contribution in [3.63, 3.8) is 0 Å². The standard InChI is InChI=1S/C7H6BrNO3S/c1-12-7-5(8)2-4(9(10)11)3-6(7)13/h2-3,13H,1H3. The van der Waals surface area contributed by atoms with Gasteiger partial charge in [0.15, 0.2) is 0 Å². The maximum absolute atomic E-state index is 10.4. The van der Waals surface area contributed by atoms with Crippen LogP contribution in [0.5, 0.6) is 5.75 Å². The molecule has 0 saturated carbocycles. The molecule has 0 heterocycles. The molecule has 0 N–H and O–H groups in total. The van der Waals surface area contributed by atoms with Crippen molar-refractivity contribution in [1.82, 2.24) is 0 Å². The first-order valence-corrected chi connectivity index (χ1v) is 4.51. The number of benzene rings is 1. The molecule has 0 radical (unpaired) electrons. The SMILES string of the molecule is COc1c(S)cc([N+](=O)[O-])cc1Br. The lowest BCUT2D eigenvalue weighted by atomic mass is 10.3. The average molecular weight is 264 g/mol. The van der Waals surface area contributed by atoms with Gasteiger partial charge in [0, 0.05) is 12.1 Å². The Morgan fingerprint density at radius 3 is 2.62 bits per heavy atom. The summed E-state index contributed by atoms with van der Waals surface area (Å²) in [6.45, 7) is 0. The Balaban J connectivity index is 3.28. The number of ether oxygens (including phenoxy) is 1. The van der Waals surface area contributed by atoms with Crippen LogP contribution in [0.15, 0.2) is 21.5 Å². The molecule has 4 nitrogen and oxygen atoms in total. The number of hydrogen-bond acceptors (Lipinski definition) is 4. The highest BCUT2D eigenvalue weighted by Gasteiger charge is 2.13. The summed E-state index contributed by atoms with van der Waals surface area (Å²) in [5.74, 6) is 0.494. The number of methoxy groups -OCH3 is 1. The minimum Gasteiger partial charge on any atom is -0.494 e. The Labute approximate surface area is 88.6 Å². The summed E-state index contributed by atoms with van der Waals surface area (Å²) in [6.07, 6.45) is 0. The van der Waals surface area contributed by atoms with E-state index in [0.29, 0.717) is 15.1 Å². The van der Waals surface area contributed by atoms with Gasteiger partial charge in [-0.1, -0.05) is 0 Å². The van der Waals surface area contributed by atoms with Crippen molar-refractivity contribution < 1.29 is 9.66 Å². The van der Waals surface area contributed by atoms with Gasteiger partial charge in [-0.3, -0.25) is 10.1 Å². The number of nitro groups is 1. The zero-order chi connectivity index (χ0) is 10.0. The van der Waals surface area contributed by atoms with E-state index in [9.17, 15) is 10.1 Å². The Bertz CT molecular complexity index is 333. The molecule has 0 aromatic heterocycles. The molecular weight excluding hydrogens is 258 g/mol. The number of hydrogen-bond donors (Lipinski definition) is 1. The lowest BCUT2D eigenvalue weighted by Crippen LogP contribution is -1.91. The van der Waals surface area contributed by atoms with Crippen molar-refractivity contribution in [3.8, 4) is 5.75 Å². The van der Waals surface area contributed by atoms with E-state index >= 15 is 0 Å². The summed E-state index contributed by atoms with van der Waals surface area (Å²) in [7, 11) is 1.48. The van der Waals surface area contributed by atoms with E-state index in [4.69, 9.17) is 4.74 Å². The molecule has 1 aromatic rings. The largest absolute Gasteiger partial charge is 0.494 e. The highest BCUT2D eigenvalue weighted by atomic mass is 79.9. The third-order valence-corrected chi connectivity index (χ3v) is 2.34. The van der Waals surface area contributed by atoms with Crippen LogP contribution in [0.4, 0.5) is 5.69 Å². The van der Waals surface area contributed by atoms with Crippen molar-refractivity contribution in [3.05, 3.63) is 26.7 Å². The van der Waals surface area contributed by atoms with Crippen LogP contribution in [0, 0.1) is 10.1 Å². The maximum Gasteiger partial charge on any atom is 0.271 e. The Hall–Kier alpha value is -0.750. The molecule has 0 aliphatic carbocycles. The van der Waals surface area contributed by atoms with Gasteiger partial charge in [-0.25, -0.2) is 0 Å². The molecule has 0 aliphatic heterocycles. The van der Waals surface area contributed by atoms with Gasteiger partial charge in [0.2, 0.25) is 0 Å². The van der Waals surface area contributed by atoms with E-state index < -0.39 is 4.92 Å². The van der Waals surface area contributed by atoms with Crippen molar-refractivity contribution >= 4 is 34.2 Å². The van der Waals surface area contributed by atoms with E-state index in [1.165, 1.54) is 19.2 Å². The Kier molecular flexibility index (Phi) is 3.16. The molecule has 0 spiro atoms. The zero-order valence-electron chi connectivity index (χ0n) is 6.65. The zero-order valence-corrected chi connectivity index (χ0v) is 9.13. The molecular formula is C7H6BrNO3S. The van der Waals surface area contributed by atoms with Crippen LogP contribution in [0.3, 0.4) is 0 Å². The lowest BCUT2D eigenvalue weighted by Gasteiger charge is -2.05. The van der Waals surface area contributed by atoms with Crippen molar-refractivity contribution in [1.29, 1.82) is 0 Å². The maximum atomic E-state index is 10.4. The van der Waals surface area contributed by atoms with Gasteiger partial charge in [-0.15, -0.1) is 12.6 Å². The van der Waals surface area contributed by atoms with Crippen LogP contribution in [-0.2, 0) is 0 Å². The normalized spacial score (nSPS) is 9.77. The highest BCUT2D eigenvalue weighted by molar-refractivity contribution is 9.10. The molecule has 13 heavy (non-hydrogen) atoms. The van der Waals surface area contributed by atoms with Crippen LogP contribution >= 0.6 is 28.6 Å². The van der Waals surface area contributed by atoms with Crippen molar-refractivity contribution in [2.75, 3.05) is 7.11 Å². The lowest BCUT2D eigenvalue weighted by molar-refractivity contribution is -0.385. The number of halogens is 1. The second-order valence-electron chi connectivity index (χ2n) is 2.24. The van der Waals surface area contributed by atoms with E-state index in [2.05, 4.69) is 28.6 Å². The molecule has 0 amide bonds. The van der Waals surface area contributed by atoms with Gasteiger partial charge in [0.1, 0.15) is 5.75 Å². The first kappa shape index (κ1) is 10.3. The Morgan fingerprint density at radius 1 is 1.62 bits per heavy atom. The van der Waals surface area contributed by atoms with Crippen molar-refractivity contribution in [2.45, 2.75) is 4.90 Å². The van der Waals surface area contributed by atoms with Crippen LogP contribution in [0.2, 0.25) is 0 Å². The van der Waals surface area contributed by atoms with Gasteiger partial charge in [-0.05, 0) is 15.9 Å². The van der Waals surface area contributed by atoms with Crippen LogP contribution in [0.25, 0.3) is 0 Å². The summed E-state index contributed by atoms with van der Waals surface area (Å²) >= 11 is 7.20. The molecule has 0 fully saturated rings. The highest BCUT2D eigenvalue weighted by Crippen LogP contribution is 2.35. The molecule has 1 aromatic carbocycles. The van der Waals surface area contributed by atoms with Gasteiger partial charge < -0.3 is 4.74 Å². The second kappa shape index (κ2) is 3.97. The number of thiol groups is 1. The topological polar surface area (TPSA) is 52.4 Å². The molecule has 1 rings (SSSR count). The second-order valence-corrected chi connectivity index (χ2v) is 3.57. The summed E-state index contributed by atoms with van der Waals surface area (Å²) in [5.41, 5.74) is -0.0160. The fourth-order valence-corrected chi connectivity index (χ4v) is 1.98. The summed E-state index contributed by atoms with van der Waals surface area (Å²) in [5, 5.41) is 10.4. The number of nitro benzene ring substituents is 1. The molecule has 0 bridgehead atoms. The first-order chi connectivity index (χ1) is 6.06. The predicted octanol–water partition coefficient (Wildman–Crippen LogP) is 2.65. The average Bonchev–Trinajstić information content (AvgIpc) is 2.03. The fraction of sp³-hybridized carbons (Fsp3) is 0.143. The van der Waals surface area contributed by atoms with E-state index in [1.807, 2.05) is 0 Å². The number of non-ortho nitro benzene ring substituents is 1. The molecule has 0 unspecified atom stereocenters. The molecule has 6 heteroatoms. The van der Waals surface area contributed by atoms with E-state index in [1.54, 1.807) is 0 Å². The van der Waals surface area contributed by atoms with Crippen LogP contribution in [0.1, 0.15) is 0 Å². The van der Waals surface area contributed by atoms with Gasteiger partial charge in [0.05, 0.1) is 21.4 Å². The van der Waals surface area contributed by atoms with Gasteiger partial charge in [-0.2, -0.15) is 0 Å².